The Labute approximate surface area is 322 Å². The van der Waals surface area contributed by atoms with Gasteiger partial charge < -0.3 is 62.2 Å². The van der Waals surface area contributed by atoms with Gasteiger partial charge in [0.2, 0.25) is 0 Å². The lowest BCUT2D eigenvalue weighted by Gasteiger charge is -2.19. The molecule has 0 amide bonds. The Morgan fingerprint density at radius 1 is 0.527 bits per heavy atom. The number of nitro groups is 2. The summed E-state index contributed by atoms with van der Waals surface area (Å²) in [4.78, 5) is 32.2. The van der Waals surface area contributed by atoms with Crippen molar-refractivity contribution in [3.63, 3.8) is 0 Å². The summed E-state index contributed by atoms with van der Waals surface area (Å²) >= 11 is 0. The van der Waals surface area contributed by atoms with Gasteiger partial charge in [-0.3, -0.25) is 25.0 Å². The van der Waals surface area contributed by atoms with E-state index in [9.17, 15) is 25.0 Å². The maximum absolute atomic E-state index is 11.6. The van der Waals surface area contributed by atoms with Crippen molar-refractivity contribution < 1.29 is 71.5 Å². The van der Waals surface area contributed by atoms with Gasteiger partial charge in [-0.15, -0.1) is 0 Å². The summed E-state index contributed by atoms with van der Waals surface area (Å²) in [6.07, 6.45) is 0.219. The van der Waals surface area contributed by atoms with E-state index in [0.717, 1.165) is 6.07 Å². The van der Waals surface area contributed by atoms with Crippen LogP contribution in [0.2, 0.25) is 0 Å². The molecule has 0 bridgehead atoms. The number of anilines is 1. The number of esters is 1. The summed E-state index contributed by atoms with van der Waals surface area (Å²) in [6, 6.07) is 3.42. The average molecular weight is 796 g/mol. The minimum atomic E-state index is -0.684. The smallest absolute Gasteiger partial charge is 0.308 e. The molecule has 20 heteroatoms. The molecule has 0 spiro atoms. The molecule has 0 radical (unpaired) electrons. The molecule has 1 aromatic rings. The molecule has 0 saturated carbocycles. The van der Waals surface area contributed by atoms with Crippen LogP contribution in [-0.2, 0) is 61.6 Å². The Balaban J connectivity index is 1.71. The molecule has 0 aliphatic carbocycles. The second-order valence-corrected chi connectivity index (χ2v) is 12.2. The molecule has 55 heavy (non-hydrogen) atoms. The molecule has 0 aromatic heterocycles. The lowest BCUT2D eigenvalue weighted by molar-refractivity contribution is -0.393. The van der Waals surface area contributed by atoms with E-state index in [2.05, 4.69) is 5.32 Å². The van der Waals surface area contributed by atoms with E-state index in [1.807, 2.05) is 20.8 Å². The van der Waals surface area contributed by atoms with Crippen LogP contribution in [0, 0.1) is 20.2 Å². The van der Waals surface area contributed by atoms with E-state index in [1.165, 1.54) is 12.1 Å². The van der Waals surface area contributed by atoms with Gasteiger partial charge in [0, 0.05) is 12.6 Å². The third kappa shape index (κ3) is 31.7. The predicted molar refractivity (Wildman–Crippen MR) is 198 cm³/mol. The van der Waals surface area contributed by atoms with Gasteiger partial charge in [0.25, 0.3) is 11.4 Å². The summed E-state index contributed by atoms with van der Waals surface area (Å²) in [6.45, 7) is 15.0. The highest BCUT2D eigenvalue weighted by molar-refractivity contribution is 5.69. The van der Waals surface area contributed by atoms with Crippen molar-refractivity contribution in [3.05, 3.63) is 38.4 Å². The Bertz CT molecular complexity index is 1130. The molecule has 20 nitrogen and oxygen atoms in total. The lowest BCUT2D eigenvalue weighted by Crippen LogP contribution is -2.24. The number of ether oxygens (including phenoxy) is 12. The van der Waals surface area contributed by atoms with Crippen LogP contribution in [0.4, 0.5) is 17.1 Å². The van der Waals surface area contributed by atoms with E-state index in [-0.39, 0.29) is 42.6 Å². The van der Waals surface area contributed by atoms with Crippen LogP contribution in [0.3, 0.4) is 0 Å². The van der Waals surface area contributed by atoms with Crippen molar-refractivity contribution in [1.29, 1.82) is 0 Å². The van der Waals surface area contributed by atoms with E-state index in [4.69, 9.17) is 56.8 Å². The zero-order valence-corrected chi connectivity index (χ0v) is 32.5. The summed E-state index contributed by atoms with van der Waals surface area (Å²) in [5.41, 5.74) is -1.02. The second-order valence-electron chi connectivity index (χ2n) is 12.2. The number of carbonyl (C=O) groups is 1. The van der Waals surface area contributed by atoms with E-state index in [1.54, 1.807) is 0 Å². The van der Waals surface area contributed by atoms with E-state index in [0.29, 0.717) is 139 Å². The van der Waals surface area contributed by atoms with Crippen LogP contribution in [0.1, 0.15) is 27.2 Å². The van der Waals surface area contributed by atoms with Crippen LogP contribution in [0.25, 0.3) is 0 Å². The van der Waals surface area contributed by atoms with Crippen molar-refractivity contribution in [3.8, 4) is 0 Å². The fourth-order valence-corrected chi connectivity index (χ4v) is 4.04. The first-order valence-electron chi connectivity index (χ1n) is 18.3. The number of nitrogens with zero attached hydrogens (tertiary/aromatic N) is 2. The molecule has 318 valence electrons. The lowest BCUT2D eigenvalue weighted by atomic mass is 10.2. The minimum absolute atomic E-state index is 0.181. The van der Waals surface area contributed by atoms with Crippen LogP contribution < -0.4 is 5.32 Å². The third-order valence-corrected chi connectivity index (χ3v) is 6.54. The molecule has 0 fully saturated rings. The quantitative estimate of drug-likeness (QED) is 0.0437. The molecule has 0 aliphatic heterocycles. The van der Waals surface area contributed by atoms with Gasteiger partial charge in [0.15, 0.2) is 0 Å². The minimum Gasteiger partial charge on any atom is -0.460 e. The maximum Gasteiger partial charge on any atom is 0.308 e. The van der Waals surface area contributed by atoms with Gasteiger partial charge in [-0.05, 0) is 26.8 Å². The van der Waals surface area contributed by atoms with Gasteiger partial charge in [0.05, 0.1) is 168 Å². The van der Waals surface area contributed by atoms with Gasteiger partial charge in [-0.25, -0.2) is 0 Å². The van der Waals surface area contributed by atoms with E-state index >= 15 is 0 Å². The van der Waals surface area contributed by atoms with Crippen molar-refractivity contribution in [2.24, 2.45) is 0 Å². The molecule has 0 heterocycles. The number of non-ortho nitro benzene ring substituents is 1. The van der Waals surface area contributed by atoms with E-state index < -0.39 is 15.4 Å². The topological polar surface area (TPSA) is 226 Å². The van der Waals surface area contributed by atoms with Gasteiger partial charge in [-0.2, -0.15) is 0 Å². The van der Waals surface area contributed by atoms with Crippen molar-refractivity contribution in [1.82, 2.24) is 0 Å². The van der Waals surface area contributed by atoms with Gasteiger partial charge in [0.1, 0.15) is 11.3 Å². The SMILES string of the molecule is CC(C)(C)OC(=O)CCOCCOCCOCCOCCOCCOCCOCCOCCOCCOCCOCCNc1ccc([N+](=O)[O-])cc1[N+](=O)[O-]. The Kier molecular flexibility index (Phi) is 30.9. The van der Waals surface area contributed by atoms with Crippen molar-refractivity contribution in [2.45, 2.75) is 32.8 Å². The summed E-state index contributed by atoms with van der Waals surface area (Å²) in [7, 11) is 0. The van der Waals surface area contributed by atoms with Crippen LogP contribution in [0.15, 0.2) is 18.2 Å². The zero-order chi connectivity index (χ0) is 40.2. The zero-order valence-electron chi connectivity index (χ0n) is 32.5. The summed E-state index contributed by atoms with van der Waals surface area (Å²) in [5.74, 6) is -0.277. The van der Waals surface area contributed by atoms with Gasteiger partial charge in [-0.1, -0.05) is 0 Å². The average Bonchev–Trinajstić information content (AvgIpc) is 3.13. The molecule has 0 atom stereocenters. The fourth-order valence-electron chi connectivity index (χ4n) is 4.04. The largest absolute Gasteiger partial charge is 0.460 e. The maximum atomic E-state index is 11.6. The standard InChI is InChI=1S/C35H61N3O17/c1-35(2,3)55-34(39)6-8-44-10-12-46-14-16-48-18-20-50-22-24-52-26-28-54-29-27-53-25-23-51-21-19-49-17-15-47-13-11-45-9-7-36-32-5-4-31(37(40)41)30-33(32)38(42)43/h4-5,30,36H,6-29H2,1-3H3. The van der Waals surface area contributed by atoms with Crippen LogP contribution in [0.5, 0.6) is 0 Å². The molecule has 0 saturated heterocycles. The second kappa shape index (κ2) is 34.1. The highest BCUT2D eigenvalue weighted by atomic mass is 16.6. The first-order valence-corrected chi connectivity index (χ1v) is 18.3. The monoisotopic (exact) mass is 795 g/mol. The highest BCUT2D eigenvalue weighted by Gasteiger charge is 2.19. The number of hydrogen-bond acceptors (Lipinski definition) is 18. The number of benzene rings is 1. The number of carbonyl (C=O) groups excluding carboxylic acids is 1. The highest BCUT2D eigenvalue weighted by Crippen LogP contribution is 2.28. The molecular formula is C35H61N3O17. The van der Waals surface area contributed by atoms with Crippen molar-refractivity contribution >= 4 is 23.0 Å². The molecular weight excluding hydrogens is 734 g/mol. The Morgan fingerprint density at radius 3 is 1.16 bits per heavy atom. The molecule has 0 unspecified atom stereocenters. The predicted octanol–water partition coefficient (Wildman–Crippen LogP) is 2.83. The first-order chi connectivity index (χ1) is 26.6. The normalized spacial score (nSPS) is 11.5. The van der Waals surface area contributed by atoms with Gasteiger partial charge >= 0.3 is 5.97 Å². The fraction of sp³-hybridized carbons (Fsp3) is 0.800. The molecule has 0 aliphatic rings. The number of nitro benzene ring substituents is 2. The van der Waals surface area contributed by atoms with Crippen LogP contribution in [-0.4, -0.2) is 173 Å². The third-order valence-electron chi connectivity index (χ3n) is 6.54. The summed E-state index contributed by atoms with van der Waals surface area (Å²) < 4.78 is 65.0. The first kappa shape index (κ1) is 49.9. The van der Waals surface area contributed by atoms with Crippen molar-refractivity contribution in [2.75, 3.05) is 157 Å². The number of nitrogens with one attached hydrogen (secondary N) is 1. The van der Waals surface area contributed by atoms with Crippen LogP contribution >= 0.6 is 0 Å². The summed E-state index contributed by atoms with van der Waals surface area (Å²) in [5, 5.41) is 24.8. The number of rotatable bonds is 39. The Morgan fingerprint density at radius 2 is 0.855 bits per heavy atom. The Hall–Kier alpha value is -3.15. The molecule has 1 N–H and O–H groups in total. The molecule has 1 rings (SSSR count). The number of hydrogen-bond donors (Lipinski definition) is 1. The molecule has 1 aromatic carbocycles.